The summed E-state index contributed by atoms with van der Waals surface area (Å²) in [4.78, 5) is 4.35. The van der Waals surface area contributed by atoms with E-state index >= 15 is 0 Å². The second-order valence-corrected chi connectivity index (χ2v) is 8.87. The van der Waals surface area contributed by atoms with Crippen molar-refractivity contribution in [2.45, 2.75) is 63.1 Å². The Morgan fingerprint density at radius 3 is 2.57 bits per heavy atom. The van der Waals surface area contributed by atoms with Gasteiger partial charge < -0.3 is 4.57 Å². The van der Waals surface area contributed by atoms with Crippen molar-refractivity contribution in [1.29, 1.82) is 5.26 Å². The minimum Gasteiger partial charge on any atom is -0.333 e. The second-order valence-electron chi connectivity index (χ2n) is 6.95. The predicted octanol–water partition coefficient (Wildman–Crippen LogP) is 2.17. The highest BCUT2D eigenvalue weighted by Gasteiger charge is 2.49. The molecule has 0 bridgehead atoms. The third-order valence-corrected chi connectivity index (χ3v) is 7.01. The summed E-state index contributed by atoms with van der Waals surface area (Å²) in [6, 6.07) is 2.21. The molecule has 23 heavy (non-hydrogen) atoms. The third kappa shape index (κ3) is 2.90. The average molecular weight is 336 g/mol. The summed E-state index contributed by atoms with van der Waals surface area (Å²) in [5.41, 5.74) is -0.995. The van der Waals surface area contributed by atoms with Gasteiger partial charge in [0.2, 0.25) is 0 Å². The van der Waals surface area contributed by atoms with Crippen LogP contribution in [0.1, 0.15) is 45.4 Å². The lowest BCUT2D eigenvalue weighted by atomic mass is 9.99. The van der Waals surface area contributed by atoms with E-state index in [1.165, 1.54) is 24.2 Å². The van der Waals surface area contributed by atoms with Crippen LogP contribution in [0.25, 0.3) is 0 Å². The zero-order chi connectivity index (χ0) is 16.8. The van der Waals surface area contributed by atoms with Gasteiger partial charge in [-0.1, -0.05) is 6.92 Å². The molecule has 126 valence electrons. The van der Waals surface area contributed by atoms with Crippen molar-refractivity contribution >= 4 is 10.0 Å². The lowest BCUT2D eigenvalue weighted by molar-refractivity contribution is 0.276. The van der Waals surface area contributed by atoms with Crippen molar-refractivity contribution < 1.29 is 8.42 Å². The molecule has 1 heterocycles. The fourth-order valence-corrected chi connectivity index (χ4v) is 4.48. The Morgan fingerprint density at radius 2 is 2.09 bits per heavy atom. The normalized spacial score (nSPS) is 21.2. The minimum absolute atomic E-state index is 0.0691. The van der Waals surface area contributed by atoms with Crippen molar-refractivity contribution in [3.8, 4) is 6.07 Å². The van der Waals surface area contributed by atoms with Crippen LogP contribution in [0.4, 0.5) is 0 Å². The van der Waals surface area contributed by atoms with Crippen LogP contribution in [-0.4, -0.2) is 34.9 Å². The van der Waals surface area contributed by atoms with Gasteiger partial charge in [0.15, 0.2) is 5.03 Å². The van der Waals surface area contributed by atoms with Gasteiger partial charge in [-0.15, -0.1) is 0 Å². The predicted molar refractivity (Wildman–Crippen MR) is 86.0 cm³/mol. The SMILES string of the molecule is CCc1nc(S(=O)(=O)N(C)C(C)(C#N)C2CC2)cn1CC1CC1. The molecule has 1 atom stereocenters. The Kier molecular flexibility index (Phi) is 4.01. The van der Waals surface area contributed by atoms with Crippen molar-refractivity contribution in [3.63, 3.8) is 0 Å². The van der Waals surface area contributed by atoms with Gasteiger partial charge in [0.1, 0.15) is 11.4 Å². The van der Waals surface area contributed by atoms with Crippen molar-refractivity contribution in [3.05, 3.63) is 12.0 Å². The molecule has 0 aliphatic heterocycles. The number of nitriles is 1. The van der Waals surface area contributed by atoms with Crippen LogP contribution in [0.3, 0.4) is 0 Å². The van der Waals surface area contributed by atoms with Gasteiger partial charge in [0.25, 0.3) is 10.0 Å². The van der Waals surface area contributed by atoms with Crippen molar-refractivity contribution in [1.82, 2.24) is 13.9 Å². The number of hydrogen-bond acceptors (Lipinski definition) is 4. The van der Waals surface area contributed by atoms with E-state index in [0.717, 1.165) is 25.2 Å². The quantitative estimate of drug-likeness (QED) is 0.764. The van der Waals surface area contributed by atoms with Gasteiger partial charge in [-0.2, -0.15) is 9.57 Å². The molecule has 0 N–H and O–H groups in total. The Balaban J connectivity index is 1.92. The van der Waals surface area contributed by atoms with Gasteiger partial charge in [-0.25, -0.2) is 13.4 Å². The number of nitrogens with zero attached hydrogens (tertiary/aromatic N) is 4. The van der Waals surface area contributed by atoms with Crippen LogP contribution in [0.2, 0.25) is 0 Å². The second kappa shape index (κ2) is 5.60. The van der Waals surface area contributed by atoms with Crippen molar-refractivity contribution in [2.24, 2.45) is 11.8 Å². The van der Waals surface area contributed by atoms with E-state index in [-0.39, 0.29) is 10.9 Å². The maximum absolute atomic E-state index is 13.0. The molecule has 0 aromatic carbocycles. The molecular weight excluding hydrogens is 312 g/mol. The highest BCUT2D eigenvalue weighted by molar-refractivity contribution is 7.89. The molecule has 1 aromatic rings. The molecule has 2 aliphatic carbocycles. The molecule has 1 unspecified atom stereocenters. The van der Waals surface area contributed by atoms with E-state index in [9.17, 15) is 13.7 Å². The van der Waals surface area contributed by atoms with Gasteiger partial charge in [-0.3, -0.25) is 0 Å². The molecular formula is C16H24N4O2S. The van der Waals surface area contributed by atoms with E-state index in [1.807, 2.05) is 11.5 Å². The Labute approximate surface area is 138 Å². The molecule has 2 fully saturated rings. The van der Waals surface area contributed by atoms with Gasteiger partial charge in [0, 0.05) is 26.2 Å². The monoisotopic (exact) mass is 336 g/mol. The van der Waals surface area contributed by atoms with Crippen LogP contribution in [0.15, 0.2) is 11.2 Å². The zero-order valence-corrected chi connectivity index (χ0v) is 14.8. The highest BCUT2D eigenvalue weighted by Crippen LogP contribution is 2.43. The summed E-state index contributed by atoms with van der Waals surface area (Å²) in [5, 5.41) is 9.60. The molecule has 0 spiro atoms. The standard InChI is InChI=1S/C16H24N4O2S/c1-4-14-18-15(10-20(14)9-12-5-6-12)23(21,22)19(3)16(2,11-17)13-7-8-13/h10,12-13H,4-9H2,1-3H3. The summed E-state index contributed by atoms with van der Waals surface area (Å²) in [6.45, 7) is 4.53. The Morgan fingerprint density at radius 1 is 1.43 bits per heavy atom. The summed E-state index contributed by atoms with van der Waals surface area (Å²) in [6.07, 6.45) is 6.56. The first-order valence-corrected chi connectivity index (χ1v) is 9.73. The summed E-state index contributed by atoms with van der Waals surface area (Å²) < 4.78 is 29.1. The molecule has 0 amide bonds. The van der Waals surface area contributed by atoms with Gasteiger partial charge in [0.05, 0.1) is 6.07 Å². The summed E-state index contributed by atoms with van der Waals surface area (Å²) in [7, 11) is -2.26. The Hall–Kier alpha value is -1.39. The lowest BCUT2D eigenvalue weighted by Crippen LogP contribution is -2.48. The largest absolute Gasteiger partial charge is 0.333 e. The first kappa shape index (κ1) is 16.5. The van der Waals surface area contributed by atoms with Crippen LogP contribution >= 0.6 is 0 Å². The van der Waals surface area contributed by atoms with Crippen LogP contribution in [-0.2, 0) is 23.0 Å². The average Bonchev–Trinajstić information content (AvgIpc) is 3.43. The number of rotatable bonds is 7. The molecule has 7 heteroatoms. The smallest absolute Gasteiger partial charge is 0.263 e. The molecule has 3 rings (SSSR count). The fraction of sp³-hybridized carbons (Fsp3) is 0.750. The van der Waals surface area contributed by atoms with Gasteiger partial charge >= 0.3 is 0 Å². The molecule has 0 radical (unpaired) electrons. The fourth-order valence-electron chi connectivity index (χ4n) is 3.03. The zero-order valence-electron chi connectivity index (χ0n) is 14.0. The topological polar surface area (TPSA) is 79.0 Å². The van der Waals surface area contributed by atoms with Crippen molar-refractivity contribution in [2.75, 3.05) is 7.05 Å². The number of aromatic nitrogens is 2. The first-order chi connectivity index (χ1) is 10.8. The summed E-state index contributed by atoms with van der Waals surface area (Å²) >= 11 is 0. The summed E-state index contributed by atoms with van der Waals surface area (Å²) in [5.74, 6) is 1.57. The van der Waals surface area contributed by atoms with E-state index < -0.39 is 15.6 Å². The Bertz CT molecular complexity index is 741. The minimum atomic E-state index is -3.76. The molecule has 2 aliphatic rings. The van der Waals surface area contributed by atoms with E-state index in [0.29, 0.717) is 12.3 Å². The van der Waals surface area contributed by atoms with E-state index in [2.05, 4.69) is 11.1 Å². The van der Waals surface area contributed by atoms with E-state index in [4.69, 9.17) is 0 Å². The number of aryl methyl sites for hydroxylation is 1. The lowest BCUT2D eigenvalue weighted by Gasteiger charge is -2.31. The third-order valence-electron chi connectivity index (χ3n) is 5.18. The highest BCUT2D eigenvalue weighted by atomic mass is 32.2. The number of sulfonamides is 1. The molecule has 0 saturated heterocycles. The van der Waals surface area contributed by atoms with E-state index in [1.54, 1.807) is 13.1 Å². The molecule has 1 aromatic heterocycles. The van der Waals surface area contributed by atoms with Crippen LogP contribution < -0.4 is 0 Å². The van der Waals surface area contributed by atoms with Gasteiger partial charge in [-0.05, 0) is 44.4 Å². The molecule has 6 nitrogen and oxygen atoms in total. The number of imidazole rings is 1. The maximum Gasteiger partial charge on any atom is 0.263 e. The number of hydrogen-bond donors (Lipinski definition) is 0. The van der Waals surface area contributed by atoms with Crippen LogP contribution in [0.5, 0.6) is 0 Å². The van der Waals surface area contributed by atoms with Crippen LogP contribution in [0, 0.1) is 23.2 Å². The molecule has 2 saturated carbocycles. The maximum atomic E-state index is 13.0. The first-order valence-electron chi connectivity index (χ1n) is 8.29.